The molecule has 28 heavy (non-hydrogen) atoms. The minimum atomic E-state index is -0.969. The molecule has 0 aliphatic carbocycles. The molecule has 1 aromatic carbocycles. The van der Waals surface area contributed by atoms with E-state index in [1.165, 1.54) is 25.2 Å². The second kappa shape index (κ2) is 8.90. The minimum absolute atomic E-state index is 0.00191. The van der Waals surface area contributed by atoms with Gasteiger partial charge in [0.05, 0.1) is 12.1 Å². The van der Waals surface area contributed by atoms with Crippen LogP contribution >= 0.6 is 22.7 Å². The number of Topliss-reactive ketones (excluding diaryl/α,β-unsaturated/α-hetero) is 1. The molecule has 3 aromatic rings. The Bertz CT molecular complexity index is 995. The molecule has 3 rings (SSSR count). The molecular formula is C20H18N2O4S2. The van der Waals surface area contributed by atoms with Gasteiger partial charge >= 0.3 is 5.97 Å². The average molecular weight is 415 g/mol. The van der Waals surface area contributed by atoms with Crippen molar-refractivity contribution < 1.29 is 19.1 Å². The number of nitrogens with one attached hydrogen (secondary N) is 1. The zero-order chi connectivity index (χ0) is 20.1. The van der Waals surface area contributed by atoms with Gasteiger partial charge in [-0.2, -0.15) is 11.3 Å². The number of esters is 1. The van der Waals surface area contributed by atoms with Gasteiger partial charge in [-0.3, -0.25) is 14.4 Å². The number of carbonyl (C=O) groups excluding carboxylic acids is 3. The first-order chi connectivity index (χ1) is 13.4. The van der Waals surface area contributed by atoms with E-state index in [2.05, 4.69) is 10.3 Å². The smallest absolute Gasteiger partial charge is 0.312 e. The lowest BCUT2D eigenvalue weighted by Gasteiger charge is -2.13. The van der Waals surface area contributed by atoms with Gasteiger partial charge in [0.1, 0.15) is 5.01 Å². The van der Waals surface area contributed by atoms with Crippen LogP contribution in [0.4, 0.5) is 5.69 Å². The van der Waals surface area contributed by atoms with Gasteiger partial charge in [0.15, 0.2) is 11.9 Å². The number of rotatable bonds is 7. The molecule has 1 amide bonds. The molecule has 144 valence electrons. The molecule has 2 aromatic heterocycles. The highest BCUT2D eigenvalue weighted by Crippen LogP contribution is 2.26. The number of hydrogen-bond acceptors (Lipinski definition) is 7. The number of amides is 1. The van der Waals surface area contributed by atoms with Crippen LogP contribution in [0.3, 0.4) is 0 Å². The lowest BCUT2D eigenvalue weighted by molar-refractivity contribution is -0.152. The van der Waals surface area contributed by atoms with Crippen molar-refractivity contribution in [2.75, 3.05) is 5.32 Å². The first kappa shape index (κ1) is 19.9. The molecule has 0 bridgehead atoms. The third-order valence-electron chi connectivity index (χ3n) is 3.86. The Morgan fingerprint density at radius 3 is 2.75 bits per heavy atom. The summed E-state index contributed by atoms with van der Waals surface area (Å²) in [5.74, 6) is -1.09. The molecule has 1 N–H and O–H groups in total. The van der Waals surface area contributed by atoms with Crippen molar-refractivity contribution in [3.8, 4) is 10.6 Å². The Kier molecular flexibility index (Phi) is 6.33. The van der Waals surface area contributed by atoms with Crippen molar-refractivity contribution in [2.24, 2.45) is 0 Å². The normalized spacial score (nSPS) is 11.6. The number of carbonyl (C=O) groups is 3. The van der Waals surface area contributed by atoms with E-state index in [4.69, 9.17) is 4.74 Å². The number of thiazole rings is 1. The summed E-state index contributed by atoms with van der Waals surface area (Å²) < 4.78 is 5.21. The van der Waals surface area contributed by atoms with Gasteiger partial charge in [-0.15, -0.1) is 11.3 Å². The Morgan fingerprint density at radius 2 is 2.04 bits per heavy atom. The molecule has 0 radical (unpaired) electrons. The van der Waals surface area contributed by atoms with Gasteiger partial charge < -0.3 is 10.1 Å². The predicted octanol–water partition coefficient (Wildman–Crippen LogP) is 4.19. The van der Waals surface area contributed by atoms with E-state index in [9.17, 15) is 14.4 Å². The van der Waals surface area contributed by atoms with Crippen LogP contribution in [0.1, 0.15) is 29.9 Å². The highest BCUT2D eigenvalue weighted by molar-refractivity contribution is 7.14. The monoisotopic (exact) mass is 414 g/mol. The largest absolute Gasteiger partial charge is 0.452 e. The molecule has 0 saturated heterocycles. The molecule has 0 spiro atoms. The van der Waals surface area contributed by atoms with Gasteiger partial charge in [0.2, 0.25) is 0 Å². The fraction of sp³-hybridized carbons (Fsp3) is 0.200. The zero-order valence-corrected chi connectivity index (χ0v) is 16.9. The van der Waals surface area contributed by atoms with Crippen molar-refractivity contribution in [1.82, 2.24) is 4.98 Å². The van der Waals surface area contributed by atoms with E-state index in [-0.39, 0.29) is 12.2 Å². The summed E-state index contributed by atoms with van der Waals surface area (Å²) in [6.45, 7) is 2.95. The fourth-order valence-electron chi connectivity index (χ4n) is 2.41. The molecule has 6 nitrogen and oxygen atoms in total. The number of hydrogen-bond donors (Lipinski definition) is 1. The molecule has 0 unspecified atom stereocenters. The Labute approximate surface area is 170 Å². The first-order valence-corrected chi connectivity index (χ1v) is 10.3. The van der Waals surface area contributed by atoms with E-state index in [1.54, 1.807) is 35.6 Å². The van der Waals surface area contributed by atoms with Gasteiger partial charge in [-0.05, 0) is 37.4 Å². The summed E-state index contributed by atoms with van der Waals surface area (Å²) >= 11 is 3.04. The van der Waals surface area contributed by atoms with Crippen molar-refractivity contribution in [1.29, 1.82) is 0 Å². The lowest BCUT2D eigenvalue weighted by Crippen LogP contribution is -2.30. The van der Waals surface area contributed by atoms with E-state index in [0.717, 1.165) is 10.6 Å². The maximum absolute atomic E-state index is 12.3. The summed E-state index contributed by atoms with van der Waals surface area (Å²) in [7, 11) is 0. The first-order valence-electron chi connectivity index (χ1n) is 8.50. The second-order valence-corrected chi connectivity index (χ2v) is 7.73. The summed E-state index contributed by atoms with van der Waals surface area (Å²) in [4.78, 5) is 40.3. The molecule has 2 heterocycles. The van der Waals surface area contributed by atoms with Crippen LogP contribution in [0, 0.1) is 0 Å². The van der Waals surface area contributed by atoms with Crippen LogP contribution in [0.5, 0.6) is 0 Å². The standard InChI is InChI=1S/C20H18N2O4S2/c1-12(23)14-4-3-5-16(8-14)21-19(25)13(2)26-18(24)9-17-11-28-20(22-17)15-6-7-27-10-15/h3-8,10-11,13H,9H2,1-2H3,(H,21,25)/t13-/m0/s1. The molecule has 0 aliphatic rings. The van der Waals surface area contributed by atoms with Crippen molar-refractivity contribution in [3.63, 3.8) is 0 Å². The highest BCUT2D eigenvalue weighted by atomic mass is 32.1. The predicted molar refractivity (Wildman–Crippen MR) is 110 cm³/mol. The van der Waals surface area contributed by atoms with Gasteiger partial charge in [0.25, 0.3) is 5.91 Å². The summed E-state index contributed by atoms with van der Waals surface area (Å²) in [6, 6.07) is 8.56. The zero-order valence-electron chi connectivity index (χ0n) is 15.3. The second-order valence-electron chi connectivity index (χ2n) is 6.09. The van der Waals surface area contributed by atoms with Gasteiger partial charge in [0, 0.05) is 27.6 Å². The maximum Gasteiger partial charge on any atom is 0.312 e. The topological polar surface area (TPSA) is 85.4 Å². The van der Waals surface area contributed by atoms with E-state index in [1.807, 2.05) is 22.2 Å². The Hall–Kier alpha value is -2.84. The average Bonchev–Trinajstić information content (AvgIpc) is 3.33. The van der Waals surface area contributed by atoms with Crippen molar-refractivity contribution in [3.05, 3.63) is 57.7 Å². The number of benzene rings is 1. The summed E-state index contributed by atoms with van der Waals surface area (Å²) in [5, 5.41) is 9.27. The lowest BCUT2D eigenvalue weighted by atomic mass is 10.1. The summed E-state index contributed by atoms with van der Waals surface area (Å²) in [5.41, 5.74) is 2.60. The third-order valence-corrected chi connectivity index (χ3v) is 5.48. The third kappa shape index (κ3) is 5.11. The molecule has 0 aliphatic heterocycles. The minimum Gasteiger partial charge on any atom is -0.452 e. The number of thiophene rings is 1. The molecule has 1 atom stereocenters. The quantitative estimate of drug-likeness (QED) is 0.463. The molecule has 0 fully saturated rings. The number of nitrogens with zero attached hydrogens (tertiary/aromatic N) is 1. The van der Waals surface area contributed by atoms with Crippen LogP contribution in [0.25, 0.3) is 10.6 Å². The molecular weight excluding hydrogens is 396 g/mol. The fourth-order valence-corrected chi connectivity index (χ4v) is 3.94. The molecule has 0 saturated carbocycles. The van der Waals surface area contributed by atoms with Crippen LogP contribution in [-0.2, 0) is 20.7 Å². The van der Waals surface area contributed by atoms with Crippen molar-refractivity contribution >= 4 is 46.0 Å². The van der Waals surface area contributed by atoms with E-state index < -0.39 is 18.0 Å². The van der Waals surface area contributed by atoms with Crippen LogP contribution in [0.2, 0.25) is 0 Å². The van der Waals surface area contributed by atoms with Crippen LogP contribution in [-0.4, -0.2) is 28.7 Å². The van der Waals surface area contributed by atoms with Crippen LogP contribution in [0.15, 0.2) is 46.5 Å². The van der Waals surface area contributed by atoms with E-state index in [0.29, 0.717) is 16.9 Å². The van der Waals surface area contributed by atoms with Gasteiger partial charge in [-0.1, -0.05) is 12.1 Å². The number of aromatic nitrogens is 1. The SMILES string of the molecule is CC(=O)c1cccc(NC(=O)[C@H](C)OC(=O)Cc2csc(-c3ccsc3)n2)c1. The number of ketones is 1. The van der Waals surface area contributed by atoms with Crippen LogP contribution < -0.4 is 5.32 Å². The van der Waals surface area contributed by atoms with Crippen molar-refractivity contribution in [2.45, 2.75) is 26.4 Å². The Balaban J connectivity index is 1.54. The van der Waals surface area contributed by atoms with E-state index >= 15 is 0 Å². The molecule has 8 heteroatoms. The number of ether oxygens (including phenoxy) is 1. The van der Waals surface area contributed by atoms with Gasteiger partial charge in [-0.25, -0.2) is 4.98 Å². The maximum atomic E-state index is 12.3. The highest BCUT2D eigenvalue weighted by Gasteiger charge is 2.19. The summed E-state index contributed by atoms with van der Waals surface area (Å²) in [6.07, 6.45) is -0.971. The number of anilines is 1. The Morgan fingerprint density at radius 1 is 1.21 bits per heavy atom.